The molecular formula is C29H45N3S. The lowest BCUT2D eigenvalue weighted by Gasteiger charge is -2.43. The van der Waals surface area contributed by atoms with Gasteiger partial charge in [-0.05, 0) is 81.6 Å². The summed E-state index contributed by atoms with van der Waals surface area (Å²) in [6.07, 6.45) is 7.90. The maximum absolute atomic E-state index is 5.34. The van der Waals surface area contributed by atoms with Gasteiger partial charge in [-0.1, -0.05) is 52.8 Å². The number of fused-ring (bicyclic) bond motifs is 2. The molecule has 4 heteroatoms. The van der Waals surface area contributed by atoms with Crippen molar-refractivity contribution in [2.75, 3.05) is 38.5 Å². The number of hydrogen-bond donors (Lipinski definition) is 0. The van der Waals surface area contributed by atoms with Crippen LogP contribution in [0.4, 0.5) is 5.69 Å². The van der Waals surface area contributed by atoms with Crippen LogP contribution < -0.4 is 0 Å². The number of benzene rings is 1. The largest absolute Gasteiger partial charge is 0.374 e. The highest BCUT2D eigenvalue weighted by Crippen LogP contribution is 2.69. The number of aliphatic imine (C=N–C) groups is 1. The summed E-state index contributed by atoms with van der Waals surface area (Å²) < 4.78 is 0. The Hall–Kier alpha value is -1.26. The third-order valence-corrected chi connectivity index (χ3v) is 10.1. The Morgan fingerprint density at radius 3 is 2.42 bits per heavy atom. The summed E-state index contributed by atoms with van der Waals surface area (Å²) in [6.45, 7) is 18.1. The van der Waals surface area contributed by atoms with Crippen LogP contribution in [0.5, 0.6) is 0 Å². The SMILES string of the molecule is CCN(CC)CCCSC(=Nc1ccccc1)C1=C(N2CCCCC2)C2(C)CCC1C2(C)C. The molecule has 1 heterocycles. The summed E-state index contributed by atoms with van der Waals surface area (Å²) in [6, 6.07) is 10.7. The van der Waals surface area contributed by atoms with E-state index in [0.717, 1.165) is 24.5 Å². The molecule has 33 heavy (non-hydrogen) atoms. The van der Waals surface area contributed by atoms with E-state index in [2.05, 4.69) is 74.8 Å². The molecule has 0 radical (unpaired) electrons. The minimum absolute atomic E-state index is 0.267. The predicted octanol–water partition coefficient (Wildman–Crippen LogP) is 7.38. The van der Waals surface area contributed by atoms with Crippen molar-refractivity contribution < 1.29 is 0 Å². The summed E-state index contributed by atoms with van der Waals surface area (Å²) in [5, 5.41) is 1.31. The molecule has 0 N–H and O–H groups in total. The lowest BCUT2D eigenvalue weighted by molar-refractivity contribution is 0.124. The summed E-state index contributed by atoms with van der Waals surface area (Å²) in [5.74, 6) is 1.76. The first kappa shape index (κ1) is 24.9. The summed E-state index contributed by atoms with van der Waals surface area (Å²) in [4.78, 5) is 10.7. The molecule has 1 aromatic rings. The van der Waals surface area contributed by atoms with Crippen molar-refractivity contribution in [3.05, 3.63) is 41.6 Å². The number of piperidine rings is 1. The van der Waals surface area contributed by atoms with Crippen LogP contribution >= 0.6 is 11.8 Å². The van der Waals surface area contributed by atoms with Crippen molar-refractivity contribution in [1.82, 2.24) is 9.80 Å². The highest BCUT2D eigenvalue weighted by Gasteiger charge is 2.62. The number of allylic oxidation sites excluding steroid dienone is 1. The molecule has 3 nitrogen and oxygen atoms in total. The molecule has 1 saturated carbocycles. The van der Waals surface area contributed by atoms with Crippen LogP contribution in [0, 0.1) is 16.7 Å². The van der Waals surface area contributed by atoms with E-state index in [-0.39, 0.29) is 5.41 Å². The zero-order valence-corrected chi connectivity index (χ0v) is 22.5. The Bertz CT molecular complexity index is 849. The Labute approximate surface area is 207 Å². The molecule has 2 unspecified atom stereocenters. The molecule has 0 spiro atoms. The van der Waals surface area contributed by atoms with Gasteiger partial charge < -0.3 is 9.80 Å². The Morgan fingerprint density at radius 2 is 1.76 bits per heavy atom. The summed E-state index contributed by atoms with van der Waals surface area (Å²) >= 11 is 2.02. The van der Waals surface area contributed by atoms with Gasteiger partial charge in [0.25, 0.3) is 0 Å². The second kappa shape index (κ2) is 10.6. The van der Waals surface area contributed by atoms with Gasteiger partial charge in [-0.25, -0.2) is 4.99 Å². The second-order valence-corrected chi connectivity index (χ2v) is 12.0. The van der Waals surface area contributed by atoms with E-state index in [1.807, 2.05) is 11.8 Å². The Balaban J connectivity index is 1.69. The lowest BCUT2D eigenvalue weighted by Crippen LogP contribution is -2.40. The van der Waals surface area contributed by atoms with Gasteiger partial charge in [0.1, 0.15) is 5.04 Å². The molecule has 2 fully saturated rings. The highest BCUT2D eigenvalue weighted by molar-refractivity contribution is 8.14. The third kappa shape index (κ3) is 4.80. The van der Waals surface area contributed by atoms with Gasteiger partial charge in [-0.15, -0.1) is 11.8 Å². The van der Waals surface area contributed by atoms with Crippen molar-refractivity contribution in [2.45, 2.75) is 73.1 Å². The average Bonchev–Trinajstić information content (AvgIpc) is 3.17. The second-order valence-electron chi connectivity index (χ2n) is 10.9. The molecule has 2 aliphatic carbocycles. The molecule has 0 amide bonds. The molecule has 1 aromatic carbocycles. The van der Waals surface area contributed by atoms with Gasteiger partial charge in [-0.3, -0.25) is 0 Å². The summed E-state index contributed by atoms with van der Waals surface area (Å²) in [7, 11) is 0. The first-order valence-electron chi connectivity index (χ1n) is 13.4. The average molecular weight is 468 g/mol. The van der Waals surface area contributed by atoms with Crippen LogP contribution in [0.1, 0.15) is 73.1 Å². The predicted molar refractivity (Wildman–Crippen MR) is 145 cm³/mol. The van der Waals surface area contributed by atoms with Crippen molar-refractivity contribution >= 4 is 22.5 Å². The maximum Gasteiger partial charge on any atom is 0.102 e. The van der Waals surface area contributed by atoms with E-state index in [1.165, 1.54) is 63.2 Å². The van der Waals surface area contributed by atoms with Crippen molar-refractivity contribution in [1.29, 1.82) is 0 Å². The quantitative estimate of drug-likeness (QED) is 0.214. The lowest BCUT2D eigenvalue weighted by atomic mass is 9.69. The van der Waals surface area contributed by atoms with Crippen LogP contribution in [0.3, 0.4) is 0 Å². The van der Waals surface area contributed by atoms with Crippen LogP contribution in [-0.2, 0) is 0 Å². The van der Waals surface area contributed by atoms with E-state index in [4.69, 9.17) is 4.99 Å². The van der Waals surface area contributed by atoms with E-state index in [9.17, 15) is 0 Å². The Kier molecular flexibility index (Phi) is 7.95. The monoisotopic (exact) mass is 467 g/mol. The third-order valence-electron chi connectivity index (χ3n) is 8.99. The van der Waals surface area contributed by atoms with Crippen molar-refractivity contribution in [2.24, 2.45) is 21.7 Å². The van der Waals surface area contributed by atoms with Crippen molar-refractivity contribution in [3.63, 3.8) is 0 Å². The van der Waals surface area contributed by atoms with E-state index in [0.29, 0.717) is 11.3 Å². The van der Waals surface area contributed by atoms with E-state index in [1.54, 1.807) is 11.3 Å². The van der Waals surface area contributed by atoms with Crippen molar-refractivity contribution in [3.8, 4) is 0 Å². The zero-order valence-electron chi connectivity index (χ0n) is 21.7. The van der Waals surface area contributed by atoms with Crippen LogP contribution in [0.25, 0.3) is 0 Å². The van der Waals surface area contributed by atoms with Crippen LogP contribution in [0.2, 0.25) is 0 Å². The molecule has 2 atom stereocenters. The smallest absolute Gasteiger partial charge is 0.102 e. The van der Waals surface area contributed by atoms with Gasteiger partial charge >= 0.3 is 0 Å². The normalized spacial score (nSPS) is 27.2. The standard InChI is InChI=1S/C29H45N3S/c1-6-31(7-2)19-14-22-33-27(30-23-15-10-8-11-16-23)25-24-17-18-29(5,28(24,3)4)26(25)32-20-12-9-13-21-32/h8,10-11,15-16,24H,6-7,9,12-14,17-22H2,1-5H3. The van der Waals surface area contributed by atoms with Crippen LogP contribution in [0.15, 0.2) is 46.6 Å². The molecule has 3 aliphatic rings. The molecule has 1 saturated heterocycles. The fourth-order valence-corrected chi connectivity index (χ4v) is 7.60. The van der Waals surface area contributed by atoms with E-state index < -0.39 is 0 Å². The van der Waals surface area contributed by atoms with Crippen LogP contribution in [-0.4, -0.2) is 53.3 Å². The summed E-state index contributed by atoms with van der Waals surface area (Å²) in [5.41, 5.74) is 4.93. The highest BCUT2D eigenvalue weighted by atomic mass is 32.2. The molecule has 2 bridgehead atoms. The first-order valence-corrected chi connectivity index (χ1v) is 14.4. The Morgan fingerprint density at radius 1 is 1.06 bits per heavy atom. The molecule has 0 aromatic heterocycles. The van der Waals surface area contributed by atoms with Gasteiger partial charge in [-0.2, -0.15) is 0 Å². The number of thioether (sulfide) groups is 1. The topological polar surface area (TPSA) is 18.8 Å². The molecule has 1 aliphatic heterocycles. The number of hydrogen-bond acceptors (Lipinski definition) is 4. The molecular weight excluding hydrogens is 422 g/mol. The van der Waals surface area contributed by atoms with Gasteiger partial charge in [0.05, 0.1) is 5.69 Å². The molecule has 4 rings (SSSR count). The molecule has 182 valence electrons. The first-order chi connectivity index (χ1) is 15.9. The number of rotatable bonds is 9. The van der Waals surface area contributed by atoms with Gasteiger partial charge in [0.15, 0.2) is 0 Å². The van der Waals surface area contributed by atoms with Gasteiger partial charge in [0.2, 0.25) is 0 Å². The maximum atomic E-state index is 5.34. The minimum atomic E-state index is 0.267. The number of nitrogens with zero attached hydrogens (tertiary/aromatic N) is 3. The van der Waals surface area contributed by atoms with E-state index >= 15 is 0 Å². The fourth-order valence-electron chi connectivity index (χ4n) is 6.57. The number of likely N-dealkylation sites (tertiary alicyclic amines) is 1. The minimum Gasteiger partial charge on any atom is -0.374 e. The number of para-hydroxylation sites is 1. The van der Waals surface area contributed by atoms with Gasteiger partial charge in [0, 0.05) is 35.5 Å². The zero-order chi connectivity index (χ0) is 23.5. The fraction of sp³-hybridized carbons (Fsp3) is 0.690.